The van der Waals surface area contributed by atoms with Gasteiger partial charge in [-0.3, -0.25) is 9.59 Å². The number of hydrogen-bond donors (Lipinski definition) is 2. The highest BCUT2D eigenvalue weighted by atomic mass is 35.5. The second-order valence-electron chi connectivity index (χ2n) is 7.56. The first-order valence-electron chi connectivity index (χ1n) is 10.4. The lowest BCUT2D eigenvalue weighted by Gasteiger charge is -2.32. The Morgan fingerprint density at radius 3 is 2.36 bits per heavy atom. The molecule has 0 saturated carbocycles. The summed E-state index contributed by atoms with van der Waals surface area (Å²) >= 11 is 6.01. The zero-order valence-corrected chi connectivity index (χ0v) is 18.7. The Bertz CT molecular complexity index is 978. The molecule has 0 radical (unpaired) electrons. The zero-order valence-electron chi connectivity index (χ0n) is 17.9. The minimum Gasteiger partial charge on any atom is -0.497 e. The number of nitrogens with zero attached hydrogens (tertiary/aromatic N) is 2. The first kappa shape index (κ1) is 24.6. The summed E-state index contributed by atoms with van der Waals surface area (Å²) in [6.07, 6.45) is -2.71. The van der Waals surface area contributed by atoms with Gasteiger partial charge in [-0.1, -0.05) is 11.6 Å². The topological polar surface area (TPSA) is 83.6 Å². The molecule has 2 aromatic rings. The molecule has 3 rings (SSSR count). The number of nitrogens with one attached hydrogen (secondary N) is 2. The van der Waals surface area contributed by atoms with E-state index in [0.717, 1.165) is 12.3 Å². The molecule has 1 fully saturated rings. The lowest BCUT2D eigenvalue weighted by atomic mass is 9.96. The van der Waals surface area contributed by atoms with E-state index in [4.69, 9.17) is 16.3 Å². The van der Waals surface area contributed by atoms with Gasteiger partial charge < -0.3 is 20.3 Å². The molecule has 2 heterocycles. The summed E-state index contributed by atoms with van der Waals surface area (Å²) in [5, 5.41) is 5.48. The molecule has 7 nitrogen and oxygen atoms in total. The maximum Gasteiger partial charge on any atom is 0.417 e. The van der Waals surface area contributed by atoms with Crippen molar-refractivity contribution in [1.82, 2.24) is 15.6 Å². The van der Waals surface area contributed by atoms with Gasteiger partial charge in [0.1, 0.15) is 11.6 Å². The van der Waals surface area contributed by atoms with Crippen LogP contribution in [0.3, 0.4) is 0 Å². The molecule has 33 heavy (non-hydrogen) atoms. The molecule has 2 N–H and O–H groups in total. The van der Waals surface area contributed by atoms with Gasteiger partial charge in [0, 0.05) is 43.9 Å². The standard InChI is InChI=1S/C22H24ClF3N4O3/c1-33-17-4-2-14(3-5-17)20(31)27-8-9-28-21(32)15-6-10-30(11-7-15)19-18(23)12-16(13-29-19)22(24,25)26/h2-5,12-13,15H,6-11H2,1H3,(H,27,31)(H,28,32). The molecule has 1 aliphatic rings. The molecule has 0 spiro atoms. The Labute approximate surface area is 194 Å². The fourth-order valence-electron chi connectivity index (χ4n) is 3.52. The van der Waals surface area contributed by atoms with Crippen molar-refractivity contribution in [1.29, 1.82) is 0 Å². The van der Waals surface area contributed by atoms with E-state index in [9.17, 15) is 22.8 Å². The van der Waals surface area contributed by atoms with Crippen molar-refractivity contribution in [3.63, 3.8) is 0 Å². The number of carbonyl (C=O) groups excluding carboxylic acids is 2. The van der Waals surface area contributed by atoms with Crippen molar-refractivity contribution in [3.05, 3.63) is 52.7 Å². The van der Waals surface area contributed by atoms with Crippen LogP contribution in [-0.2, 0) is 11.0 Å². The number of carbonyl (C=O) groups is 2. The minimum absolute atomic E-state index is 0.0691. The van der Waals surface area contributed by atoms with Crippen molar-refractivity contribution in [2.24, 2.45) is 5.92 Å². The van der Waals surface area contributed by atoms with Crippen LogP contribution >= 0.6 is 11.6 Å². The van der Waals surface area contributed by atoms with E-state index in [0.29, 0.717) is 37.2 Å². The summed E-state index contributed by atoms with van der Waals surface area (Å²) in [6.45, 7) is 1.46. The largest absolute Gasteiger partial charge is 0.497 e. The van der Waals surface area contributed by atoms with Crippen LogP contribution in [0, 0.1) is 5.92 Å². The van der Waals surface area contributed by atoms with Crippen molar-refractivity contribution in [2.75, 3.05) is 38.2 Å². The normalized spacial score (nSPS) is 14.6. The second kappa shape index (κ2) is 10.7. The highest BCUT2D eigenvalue weighted by molar-refractivity contribution is 6.33. The SMILES string of the molecule is COc1ccc(C(=O)NCCNC(=O)C2CCN(c3ncc(C(F)(F)F)cc3Cl)CC2)cc1. The van der Waals surface area contributed by atoms with Gasteiger partial charge in [0.15, 0.2) is 0 Å². The molecule has 1 aromatic carbocycles. The molecule has 1 aromatic heterocycles. The minimum atomic E-state index is -4.51. The summed E-state index contributed by atoms with van der Waals surface area (Å²) in [5.41, 5.74) is -0.408. The number of piperidine rings is 1. The van der Waals surface area contributed by atoms with Crippen LogP contribution < -0.4 is 20.3 Å². The lowest BCUT2D eigenvalue weighted by Crippen LogP contribution is -2.43. The third-order valence-corrected chi connectivity index (χ3v) is 5.65. The number of amides is 2. The predicted octanol–water partition coefficient (Wildman–Crippen LogP) is 3.53. The Morgan fingerprint density at radius 2 is 1.79 bits per heavy atom. The first-order valence-corrected chi connectivity index (χ1v) is 10.7. The van der Waals surface area contributed by atoms with E-state index in [1.807, 2.05) is 0 Å². The van der Waals surface area contributed by atoms with Gasteiger partial charge in [-0.15, -0.1) is 0 Å². The average molecular weight is 485 g/mol. The molecule has 1 aliphatic heterocycles. The Balaban J connectivity index is 1.41. The van der Waals surface area contributed by atoms with Crippen molar-refractivity contribution in [3.8, 4) is 5.75 Å². The molecule has 0 aliphatic carbocycles. The van der Waals surface area contributed by atoms with Gasteiger partial charge in [-0.25, -0.2) is 4.98 Å². The molecule has 0 atom stereocenters. The van der Waals surface area contributed by atoms with Gasteiger partial charge in [-0.2, -0.15) is 13.2 Å². The number of benzene rings is 1. The Morgan fingerprint density at radius 1 is 1.15 bits per heavy atom. The summed E-state index contributed by atoms with van der Waals surface area (Å²) in [5.74, 6) is 0.332. The van der Waals surface area contributed by atoms with Crippen LogP contribution in [0.5, 0.6) is 5.75 Å². The van der Waals surface area contributed by atoms with E-state index in [2.05, 4.69) is 15.6 Å². The smallest absolute Gasteiger partial charge is 0.417 e. The number of aromatic nitrogens is 1. The molecular weight excluding hydrogens is 461 g/mol. The van der Waals surface area contributed by atoms with Gasteiger partial charge in [0.05, 0.1) is 17.7 Å². The van der Waals surface area contributed by atoms with Gasteiger partial charge >= 0.3 is 6.18 Å². The maximum absolute atomic E-state index is 12.8. The predicted molar refractivity (Wildman–Crippen MR) is 118 cm³/mol. The summed E-state index contributed by atoms with van der Waals surface area (Å²) < 4.78 is 43.4. The molecule has 0 bridgehead atoms. The fraction of sp³-hybridized carbons (Fsp3) is 0.409. The summed E-state index contributed by atoms with van der Waals surface area (Å²) in [4.78, 5) is 30.2. The van der Waals surface area contributed by atoms with E-state index >= 15 is 0 Å². The maximum atomic E-state index is 12.8. The van der Waals surface area contributed by atoms with Crippen LogP contribution in [0.2, 0.25) is 5.02 Å². The van der Waals surface area contributed by atoms with Crippen LogP contribution in [-0.4, -0.2) is 50.1 Å². The number of methoxy groups -OCH3 is 1. The quantitative estimate of drug-likeness (QED) is 0.587. The number of rotatable bonds is 7. The summed E-state index contributed by atoms with van der Waals surface area (Å²) in [6, 6.07) is 7.55. The third-order valence-electron chi connectivity index (χ3n) is 5.38. The highest BCUT2D eigenvalue weighted by Gasteiger charge is 2.33. The molecule has 178 valence electrons. The average Bonchev–Trinajstić information content (AvgIpc) is 2.81. The first-order chi connectivity index (χ1) is 15.7. The lowest BCUT2D eigenvalue weighted by molar-refractivity contribution is -0.137. The van der Waals surface area contributed by atoms with Crippen LogP contribution in [0.4, 0.5) is 19.0 Å². The fourth-order valence-corrected chi connectivity index (χ4v) is 3.81. The van der Waals surface area contributed by atoms with Crippen LogP contribution in [0.15, 0.2) is 36.5 Å². The second-order valence-corrected chi connectivity index (χ2v) is 7.97. The van der Waals surface area contributed by atoms with Crippen molar-refractivity contribution in [2.45, 2.75) is 19.0 Å². The van der Waals surface area contributed by atoms with E-state index in [1.54, 1.807) is 36.3 Å². The van der Waals surface area contributed by atoms with E-state index in [-0.39, 0.29) is 41.7 Å². The zero-order chi connectivity index (χ0) is 24.0. The Hall–Kier alpha value is -3.01. The van der Waals surface area contributed by atoms with Gasteiger partial charge in [0.2, 0.25) is 5.91 Å². The molecular formula is C22H24ClF3N4O3. The monoisotopic (exact) mass is 484 g/mol. The van der Waals surface area contributed by atoms with Crippen molar-refractivity contribution < 1.29 is 27.5 Å². The number of anilines is 1. The number of halogens is 4. The molecule has 2 amide bonds. The molecule has 0 unspecified atom stereocenters. The Kier molecular flexibility index (Phi) is 8.01. The van der Waals surface area contributed by atoms with Crippen LogP contribution in [0.1, 0.15) is 28.8 Å². The van der Waals surface area contributed by atoms with Crippen LogP contribution in [0.25, 0.3) is 0 Å². The number of alkyl halides is 3. The number of pyridine rings is 1. The van der Waals surface area contributed by atoms with E-state index in [1.165, 1.54) is 0 Å². The van der Waals surface area contributed by atoms with Gasteiger partial charge in [-0.05, 0) is 43.2 Å². The number of hydrogen-bond acceptors (Lipinski definition) is 5. The van der Waals surface area contributed by atoms with Gasteiger partial charge in [0.25, 0.3) is 5.91 Å². The molecule has 1 saturated heterocycles. The number of ether oxygens (including phenoxy) is 1. The van der Waals surface area contributed by atoms with E-state index < -0.39 is 11.7 Å². The van der Waals surface area contributed by atoms with Crippen molar-refractivity contribution >= 4 is 29.2 Å². The summed E-state index contributed by atoms with van der Waals surface area (Å²) in [7, 11) is 1.54. The highest BCUT2D eigenvalue weighted by Crippen LogP contribution is 2.34. The third kappa shape index (κ3) is 6.50. The molecule has 11 heteroatoms.